The second-order valence-corrected chi connectivity index (χ2v) is 5.85. The Hall–Kier alpha value is -2.48. The second kappa shape index (κ2) is 6.96. The molecule has 0 radical (unpaired) electrons. The van der Waals surface area contributed by atoms with Crippen molar-refractivity contribution in [2.75, 3.05) is 39.8 Å². The number of aromatic nitrogens is 3. The third kappa shape index (κ3) is 3.23. The van der Waals surface area contributed by atoms with E-state index in [1.54, 1.807) is 17.8 Å². The SMILES string of the molecule is CCn1nnc2cc(C(=O)N3CCN(CC(=O)NC)CC3)ccc21. The maximum absolute atomic E-state index is 12.7. The van der Waals surface area contributed by atoms with E-state index in [1.165, 1.54) is 0 Å². The van der Waals surface area contributed by atoms with Crippen LogP contribution in [0.1, 0.15) is 17.3 Å². The number of hydrogen-bond donors (Lipinski definition) is 1. The molecular formula is C16H22N6O2. The van der Waals surface area contributed by atoms with Gasteiger partial charge in [-0.15, -0.1) is 5.10 Å². The van der Waals surface area contributed by atoms with Crippen molar-refractivity contribution >= 4 is 22.8 Å². The van der Waals surface area contributed by atoms with Crippen LogP contribution in [0, 0.1) is 0 Å². The summed E-state index contributed by atoms with van der Waals surface area (Å²) in [5, 5.41) is 10.8. The molecule has 8 nitrogen and oxygen atoms in total. The normalized spacial score (nSPS) is 15.7. The van der Waals surface area contributed by atoms with Crippen LogP contribution in [0.4, 0.5) is 0 Å². The molecule has 0 bridgehead atoms. The predicted molar refractivity (Wildman–Crippen MR) is 89.6 cm³/mol. The van der Waals surface area contributed by atoms with Gasteiger partial charge in [0.05, 0.1) is 12.1 Å². The molecular weight excluding hydrogens is 308 g/mol. The summed E-state index contributed by atoms with van der Waals surface area (Å²) >= 11 is 0. The Bertz CT molecular complexity index is 748. The van der Waals surface area contributed by atoms with Gasteiger partial charge in [-0.3, -0.25) is 14.5 Å². The lowest BCUT2D eigenvalue weighted by atomic mass is 10.1. The van der Waals surface area contributed by atoms with Crippen molar-refractivity contribution in [2.24, 2.45) is 0 Å². The van der Waals surface area contributed by atoms with Gasteiger partial charge in [0.2, 0.25) is 5.91 Å². The molecule has 1 aromatic heterocycles. The Balaban J connectivity index is 1.66. The largest absolute Gasteiger partial charge is 0.358 e. The Kier molecular flexibility index (Phi) is 4.75. The fourth-order valence-corrected chi connectivity index (χ4v) is 2.91. The van der Waals surface area contributed by atoms with Crippen molar-refractivity contribution in [3.63, 3.8) is 0 Å². The van der Waals surface area contributed by atoms with Crippen molar-refractivity contribution in [3.05, 3.63) is 23.8 Å². The minimum absolute atomic E-state index is 0.000705. The van der Waals surface area contributed by atoms with Crippen LogP contribution >= 0.6 is 0 Å². The molecule has 0 aliphatic carbocycles. The second-order valence-electron chi connectivity index (χ2n) is 5.85. The van der Waals surface area contributed by atoms with Crippen molar-refractivity contribution < 1.29 is 9.59 Å². The Morgan fingerprint density at radius 3 is 2.62 bits per heavy atom. The van der Waals surface area contributed by atoms with Gasteiger partial charge in [0.25, 0.3) is 5.91 Å². The number of carbonyl (C=O) groups excluding carboxylic acids is 2. The number of aryl methyl sites for hydroxylation is 1. The number of nitrogens with zero attached hydrogens (tertiary/aromatic N) is 5. The number of amides is 2. The van der Waals surface area contributed by atoms with Crippen molar-refractivity contribution in [2.45, 2.75) is 13.5 Å². The molecule has 1 fully saturated rings. The summed E-state index contributed by atoms with van der Waals surface area (Å²) in [7, 11) is 1.63. The van der Waals surface area contributed by atoms with Crippen LogP contribution in [0.3, 0.4) is 0 Å². The predicted octanol–water partition coefficient (Wildman–Crippen LogP) is -0.0450. The molecule has 0 spiro atoms. The summed E-state index contributed by atoms with van der Waals surface area (Å²) in [6.45, 7) is 5.78. The number of rotatable bonds is 4. The summed E-state index contributed by atoms with van der Waals surface area (Å²) in [4.78, 5) is 28.0. The number of hydrogen-bond acceptors (Lipinski definition) is 5. The zero-order valence-electron chi connectivity index (χ0n) is 14.0. The fourth-order valence-electron chi connectivity index (χ4n) is 2.91. The number of likely N-dealkylation sites (N-methyl/N-ethyl adjacent to an activating group) is 1. The van der Waals surface area contributed by atoms with Crippen LogP contribution in [-0.4, -0.2) is 76.4 Å². The zero-order valence-corrected chi connectivity index (χ0v) is 14.0. The third-order valence-electron chi connectivity index (χ3n) is 4.37. The van der Waals surface area contributed by atoms with Crippen molar-refractivity contribution in [1.29, 1.82) is 0 Å². The topological polar surface area (TPSA) is 83.4 Å². The molecule has 1 N–H and O–H groups in total. The van der Waals surface area contributed by atoms with Crippen LogP contribution in [0.15, 0.2) is 18.2 Å². The number of carbonyl (C=O) groups is 2. The van der Waals surface area contributed by atoms with Gasteiger partial charge in [-0.1, -0.05) is 5.21 Å². The number of piperazine rings is 1. The highest BCUT2D eigenvalue weighted by molar-refractivity contribution is 5.97. The number of fused-ring (bicyclic) bond motifs is 1. The molecule has 2 amide bonds. The minimum atomic E-state index is -0.000705. The fraction of sp³-hybridized carbons (Fsp3) is 0.500. The van der Waals surface area contributed by atoms with E-state index in [-0.39, 0.29) is 11.8 Å². The maximum atomic E-state index is 12.7. The molecule has 0 unspecified atom stereocenters. The van der Waals surface area contributed by atoms with E-state index in [0.717, 1.165) is 17.6 Å². The molecule has 1 aliphatic rings. The monoisotopic (exact) mass is 330 g/mol. The van der Waals surface area contributed by atoms with E-state index in [4.69, 9.17) is 0 Å². The standard InChI is InChI=1S/C16H22N6O2/c1-3-22-14-5-4-12(10-13(14)18-19-22)16(24)21-8-6-20(7-9-21)11-15(23)17-2/h4-5,10H,3,6-9,11H2,1-2H3,(H,17,23). The van der Waals surface area contributed by atoms with E-state index in [0.29, 0.717) is 38.3 Å². The first-order valence-corrected chi connectivity index (χ1v) is 8.18. The van der Waals surface area contributed by atoms with E-state index in [1.807, 2.05) is 24.0 Å². The van der Waals surface area contributed by atoms with E-state index in [9.17, 15) is 9.59 Å². The quantitative estimate of drug-likeness (QED) is 0.850. The Morgan fingerprint density at radius 2 is 1.96 bits per heavy atom. The maximum Gasteiger partial charge on any atom is 0.254 e. The van der Waals surface area contributed by atoms with E-state index >= 15 is 0 Å². The Morgan fingerprint density at radius 1 is 1.21 bits per heavy atom. The lowest BCUT2D eigenvalue weighted by Crippen LogP contribution is -2.50. The highest BCUT2D eigenvalue weighted by Crippen LogP contribution is 2.16. The molecule has 0 atom stereocenters. The summed E-state index contributed by atoms with van der Waals surface area (Å²) < 4.78 is 1.81. The van der Waals surface area contributed by atoms with Gasteiger partial charge in [-0.2, -0.15) is 0 Å². The lowest BCUT2D eigenvalue weighted by molar-refractivity contribution is -0.122. The van der Waals surface area contributed by atoms with Crippen LogP contribution in [0.5, 0.6) is 0 Å². The van der Waals surface area contributed by atoms with Crippen LogP contribution in [-0.2, 0) is 11.3 Å². The summed E-state index contributed by atoms with van der Waals surface area (Å²) in [5.74, 6) is 0.00165. The van der Waals surface area contributed by atoms with E-state index < -0.39 is 0 Å². The molecule has 1 aromatic carbocycles. The van der Waals surface area contributed by atoms with Gasteiger partial charge in [0.1, 0.15) is 5.52 Å². The van der Waals surface area contributed by atoms with Crippen LogP contribution < -0.4 is 5.32 Å². The molecule has 24 heavy (non-hydrogen) atoms. The number of benzene rings is 1. The lowest BCUT2D eigenvalue weighted by Gasteiger charge is -2.34. The summed E-state index contributed by atoms with van der Waals surface area (Å²) in [6, 6.07) is 5.53. The number of nitrogens with one attached hydrogen (secondary N) is 1. The minimum Gasteiger partial charge on any atom is -0.358 e. The van der Waals surface area contributed by atoms with Gasteiger partial charge in [-0.25, -0.2) is 4.68 Å². The van der Waals surface area contributed by atoms with Gasteiger partial charge in [-0.05, 0) is 25.1 Å². The Labute approximate surface area is 140 Å². The first kappa shape index (κ1) is 16.4. The van der Waals surface area contributed by atoms with Crippen LogP contribution in [0.2, 0.25) is 0 Å². The molecule has 1 aliphatic heterocycles. The summed E-state index contributed by atoms with van der Waals surface area (Å²) in [6.07, 6.45) is 0. The van der Waals surface area contributed by atoms with Gasteiger partial charge in [0, 0.05) is 45.3 Å². The molecule has 128 valence electrons. The highest BCUT2D eigenvalue weighted by Gasteiger charge is 2.23. The average Bonchev–Trinajstić information content (AvgIpc) is 3.03. The third-order valence-corrected chi connectivity index (χ3v) is 4.37. The highest BCUT2D eigenvalue weighted by atomic mass is 16.2. The molecule has 2 aromatic rings. The van der Waals surface area contributed by atoms with Gasteiger partial charge >= 0.3 is 0 Å². The molecule has 8 heteroatoms. The first-order valence-electron chi connectivity index (χ1n) is 8.18. The van der Waals surface area contributed by atoms with E-state index in [2.05, 4.69) is 20.5 Å². The van der Waals surface area contributed by atoms with Gasteiger partial charge in [0.15, 0.2) is 0 Å². The molecule has 0 saturated carbocycles. The smallest absolute Gasteiger partial charge is 0.254 e. The summed E-state index contributed by atoms with van der Waals surface area (Å²) in [5.41, 5.74) is 2.30. The average molecular weight is 330 g/mol. The first-order chi connectivity index (χ1) is 11.6. The molecule has 2 heterocycles. The van der Waals surface area contributed by atoms with Crippen LogP contribution in [0.25, 0.3) is 11.0 Å². The molecule has 3 rings (SSSR count). The van der Waals surface area contributed by atoms with Crippen molar-refractivity contribution in [3.8, 4) is 0 Å². The molecule has 1 saturated heterocycles. The van der Waals surface area contributed by atoms with Crippen molar-refractivity contribution in [1.82, 2.24) is 30.1 Å². The van der Waals surface area contributed by atoms with Gasteiger partial charge < -0.3 is 10.2 Å². The zero-order chi connectivity index (χ0) is 17.1.